The molecule has 2 heterocycles. The topological polar surface area (TPSA) is 43.6 Å². The summed E-state index contributed by atoms with van der Waals surface area (Å²) in [6.45, 7) is 0. The Morgan fingerprint density at radius 3 is 3.00 bits per heavy atom. The maximum Gasteiger partial charge on any atom is 0.187 e. The summed E-state index contributed by atoms with van der Waals surface area (Å²) < 4.78 is 1.98. The molecule has 2 aromatic rings. The highest BCUT2D eigenvalue weighted by Gasteiger charge is 2.25. The first kappa shape index (κ1) is 11.7. The lowest BCUT2D eigenvalue weighted by Gasteiger charge is -2.05. The van der Waals surface area contributed by atoms with E-state index in [0.717, 1.165) is 28.8 Å². The van der Waals surface area contributed by atoms with E-state index in [1.165, 1.54) is 18.5 Å². The Morgan fingerprint density at radius 1 is 1.44 bits per heavy atom. The predicted molar refractivity (Wildman–Crippen MR) is 72.4 cm³/mol. The minimum atomic E-state index is 0.814. The van der Waals surface area contributed by atoms with Crippen LogP contribution in [0.1, 0.15) is 18.5 Å². The van der Waals surface area contributed by atoms with Gasteiger partial charge in [-0.1, -0.05) is 11.8 Å². The van der Waals surface area contributed by atoms with Crippen molar-refractivity contribution in [3.05, 3.63) is 24.2 Å². The van der Waals surface area contributed by atoms with Gasteiger partial charge >= 0.3 is 0 Å². The molecule has 0 N–H and O–H groups in total. The number of aromatic nitrogens is 4. The molecule has 18 heavy (non-hydrogen) atoms. The number of rotatable bonds is 4. The first-order valence-electron chi connectivity index (χ1n) is 6.16. The summed E-state index contributed by atoms with van der Waals surface area (Å²) in [4.78, 5) is 8.78. The zero-order chi connectivity index (χ0) is 12.5. The highest BCUT2D eigenvalue weighted by molar-refractivity contribution is 7.98. The summed E-state index contributed by atoms with van der Waals surface area (Å²) in [7, 11) is 2.01. The fraction of sp³-hybridized carbons (Fsp3) is 0.462. The number of nitrogens with zero attached hydrogens (tertiary/aromatic N) is 4. The van der Waals surface area contributed by atoms with Crippen LogP contribution in [-0.4, -0.2) is 26.0 Å². The molecule has 1 aliphatic rings. The number of hydrogen-bond acceptors (Lipinski definition) is 4. The Kier molecular flexibility index (Phi) is 3.07. The van der Waals surface area contributed by atoms with Crippen molar-refractivity contribution < 1.29 is 0 Å². The normalized spacial score (nSPS) is 15.0. The van der Waals surface area contributed by atoms with Crippen LogP contribution in [0.4, 0.5) is 0 Å². The molecule has 0 spiro atoms. The molecule has 0 saturated heterocycles. The lowest BCUT2D eigenvalue weighted by atomic mass is 10.1. The molecule has 0 unspecified atom stereocenters. The molecule has 1 aliphatic carbocycles. The third-order valence-electron chi connectivity index (χ3n) is 3.33. The summed E-state index contributed by atoms with van der Waals surface area (Å²) in [6, 6.07) is 1.97. The Bertz CT molecular complexity index is 560. The van der Waals surface area contributed by atoms with Crippen LogP contribution in [0.2, 0.25) is 0 Å². The molecule has 2 aromatic heterocycles. The van der Waals surface area contributed by atoms with E-state index in [9.17, 15) is 0 Å². The summed E-state index contributed by atoms with van der Waals surface area (Å²) in [5.41, 5.74) is 3.43. The first-order chi connectivity index (χ1) is 8.78. The van der Waals surface area contributed by atoms with E-state index in [1.807, 2.05) is 36.4 Å². The second kappa shape index (κ2) is 4.72. The second-order valence-electron chi connectivity index (χ2n) is 4.70. The van der Waals surface area contributed by atoms with Crippen LogP contribution >= 0.6 is 11.8 Å². The maximum absolute atomic E-state index is 4.56. The third kappa shape index (κ3) is 2.27. The van der Waals surface area contributed by atoms with Crippen LogP contribution in [0, 0.1) is 5.92 Å². The largest absolute Gasteiger partial charge is 0.272 e. The average Bonchev–Trinajstić information content (AvgIpc) is 3.14. The maximum atomic E-state index is 4.56. The van der Waals surface area contributed by atoms with E-state index >= 15 is 0 Å². The molecule has 5 heteroatoms. The van der Waals surface area contributed by atoms with Crippen molar-refractivity contribution >= 4 is 11.8 Å². The summed E-state index contributed by atoms with van der Waals surface area (Å²) >= 11 is 1.57. The monoisotopic (exact) mass is 260 g/mol. The highest BCUT2D eigenvalue weighted by Crippen LogP contribution is 2.35. The van der Waals surface area contributed by atoms with Crippen LogP contribution in [0.15, 0.2) is 23.6 Å². The van der Waals surface area contributed by atoms with Crippen LogP contribution in [0.3, 0.4) is 0 Å². The van der Waals surface area contributed by atoms with Gasteiger partial charge in [0.25, 0.3) is 0 Å². The van der Waals surface area contributed by atoms with Crippen molar-refractivity contribution in [2.75, 3.05) is 6.26 Å². The number of thioether (sulfide) groups is 1. The van der Waals surface area contributed by atoms with E-state index in [-0.39, 0.29) is 0 Å². The quantitative estimate of drug-likeness (QED) is 0.626. The van der Waals surface area contributed by atoms with Gasteiger partial charge in [-0.05, 0) is 37.5 Å². The van der Waals surface area contributed by atoms with Crippen molar-refractivity contribution in [3.8, 4) is 11.3 Å². The Hall–Kier alpha value is -1.36. The van der Waals surface area contributed by atoms with Crippen molar-refractivity contribution in [3.63, 3.8) is 0 Å². The molecule has 94 valence electrons. The van der Waals surface area contributed by atoms with E-state index in [2.05, 4.69) is 15.1 Å². The predicted octanol–water partition coefficient (Wildman–Crippen LogP) is 2.55. The van der Waals surface area contributed by atoms with E-state index in [4.69, 9.17) is 0 Å². The molecule has 0 bridgehead atoms. The van der Waals surface area contributed by atoms with E-state index < -0.39 is 0 Å². The van der Waals surface area contributed by atoms with Gasteiger partial charge in [-0.3, -0.25) is 4.68 Å². The van der Waals surface area contributed by atoms with Gasteiger partial charge in [0.05, 0.1) is 11.9 Å². The zero-order valence-corrected chi connectivity index (χ0v) is 11.4. The SMILES string of the molecule is CSc1nccc(-c2cnn(C)c2CC2CC2)n1. The Morgan fingerprint density at radius 2 is 2.28 bits per heavy atom. The molecular weight excluding hydrogens is 244 g/mol. The van der Waals surface area contributed by atoms with Crippen LogP contribution in [0.5, 0.6) is 0 Å². The van der Waals surface area contributed by atoms with Crippen molar-refractivity contribution in [1.29, 1.82) is 0 Å². The molecule has 1 fully saturated rings. The van der Waals surface area contributed by atoms with Gasteiger partial charge in [-0.2, -0.15) is 5.10 Å². The Labute approximate surface area is 111 Å². The molecule has 1 saturated carbocycles. The fourth-order valence-electron chi connectivity index (χ4n) is 2.10. The molecule has 0 aliphatic heterocycles. The molecular formula is C13H16N4S. The van der Waals surface area contributed by atoms with Gasteiger partial charge in [-0.15, -0.1) is 0 Å². The van der Waals surface area contributed by atoms with Crippen molar-refractivity contribution in [2.24, 2.45) is 13.0 Å². The lowest BCUT2D eigenvalue weighted by molar-refractivity contribution is 0.677. The number of aryl methyl sites for hydroxylation is 1. The zero-order valence-electron chi connectivity index (χ0n) is 10.6. The van der Waals surface area contributed by atoms with Gasteiger partial charge in [0, 0.05) is 24.5 Å². The summed E-state index contributed by atoms with van der Waals surface area (Å²) in [6.07, 6.45) is 9.55. The molecule has 0 atom stereocenters. The molecule has 0 amide bonds. The number of hydrogen-bond donors (Lipinski definition) is 0. The summed E-state index contributed by atoms with van der Waals surface area (Å²) in [5.74, 6) is 0.848. The fourth-order valence-corrected chi connectivity index (χ4v) is 2.46. The van der Waals surface area contributed by atoms with Gasteiger partial charge in [0.2, 0.25) is 0 Å². The van der Waals surface area contributed by atoms with Crippen LogP contribution in [-0.2, 0) is 13.5 Å². The van der Waals surface area contributed by atoms with Crippen LogP contribution in [0.25, 0.3) is 11.3 Å². The van der Waals surface area contributed by atoms with Gasteiger partial charge in [0.1, 0.15) is 0 Å². The van der Waals surface area contributed by atoms with Gasteiger partial charge < -0.3 is 0 Å². The van der Waals surface area contributed by atoms with Gasteiger partial charge in [0.15, 0.2) is 5.16 Å². The summed E-state index contributed by atoms with van der Waals surface area (Å²) in [5, 5.41) is 5.19. The molecule has 0 radical (unpaired) electrons. The van der Waals surface area contributed by atoms with Crippen molar-refractivity contribution in [2.45, 2.75) is 24.4 Å². The Balaban J connectivity index is 1.99. The van der Waals surface area contributed by atoms with Crippen LogP contribution < -0.4 is 0 Å². The molecule has 3 rings (SSSR count). The third-order valence-corrected chi connectivity index (χ3v) is 3.89. The minimum absolute atomic E-state index is 0.814. The molecule has 4 nitrogen and oxygen atoms in total. The minimum Gasteiger partial charge on any atom is -0.272 e. The highest BCUT2D eigenvalue weighted by atomic mass is 32.2. The molecule has 0 aromatic carbocycles. The van der Waals surface area contributed by atoms with E-state index in [0.29, 0.717) is 0 Å². The first-order valence-corrected chi connectivity index (χ1v) is 7.38. The standard InChI is InChI=1S/C13H16N4S/c1-17-12(7-9-3-4-9)10(8-15-17)11-5-6-14-13(16-11)18-2/h5-6,8-9H,3-4,7H2,1-2H3. The van der Waals surface area contributed by atoms with Crippen molar-refractivity contribution in [1.82, 2.24) is 19.7 Å². The van der Waals surface area contributed by atoms with Gasteiger partial charge in [-0.25, -0.2) is 9.97 Å². The lowest BCUT2D eigenvalue weighted by Crippen LogP contribution is -2.01. The van der Waals surface area contributed by atoms with E-state index in [1.54, 1.807) is 11.8 Å². The average molecular weight is 260 g/mol. The second-order valence-corrected chi connectivity index (χ2v) is 5.48. The smallest absolute Gasteiger partial charge is 0.187 e.